The van der Waals surface area contributed by atoms with Gasteiger partial charge in [0.15, 0.2) is 0 Å². The van der Waals surface area contributed by atoms with E-state index in [4.69, 9.17) is 0 Å². The van der Waals surface area contributed by atoms with E-state index in [0.29, 0.717) is 17.7 Å². The van der Waals surface area contributed by atoms with Crippen molar-refractivity contribution in [3.8, 4) is 0 Å². The second-order valence-electron chi connectivity index (χ2n) is 8.07. The average Bonchev–Trinajstić information content (AvgIpc) is 3.37. The second kappa shape index (κ2) is 7.90. The third kappa shape index (κ3) is 3.64. The van der Waals surface area contributed by atoms with Gasteiger partial charge in [0.1, 0.15) is 6.04 Å². The number of imide groups is 2. The first-order valence-corrected chi connectivity index (χ1v) is 11.3. The number of hydrogen-bond donors (Lipinski definition) is 1. The van der Waals surface area contributed by atoms with E-state index in [1.165, 1.54) is 5.69 Å². The average molecular weight is 439 g/mol. The Morgan fingerprint density at radius 1 is 0.968 bits per heavy atom. The van der Waals surface area contributed by atoms with Crippen LogP contribution < -0.4 is 10.2 Å². The number of rotatable bonds is 4. The quantitative estimate of drug-likeness (QED) is 0.728. The third-order valence-corrected chi connectivity index (χ3v) is 6.82. The predicted octanol–water partition coefficient (Wildman–Crippen LogP) is 1.47. The van der Waals surface area contributed by atoms with Crippen molar-refractivity contribution in [2.45, 2.75) is 25.4 Å². The van der Waals surface area contributed by atoms with Crippen LogP contribution in [0.1, 0.15) is 39.1 Å². The highest BCUT2D eigenvalue weighted by Crippen LogP contribution is 2.29. The molecule has 3 aliphatic rings. The first-order chi connectivity index (χ1) is 15.0. The van der Waals surface area contributed by atoms with Crippen molar-refractivity contribution in [1.82, 2.24) is 15.1 Å². The number of benzene rings is 1. The van der Waals surface area contributed by atoms with Gasteiger partial charge < -0.3 is 4.90 Å². The summed E-state index contributed by atoms with van der Waals surface area (Å²) < 4.78 is 0. The lowest BCUT2D eigenvalue weighted by molar-refractivity contribution is -0.136. The lowest BCUT2D eigenvalue weighted by Gasteiger charge is -2.35. The van der Waals surface area contributed by atoms with E-state index >= 15 is 0 Å². The van der Waals surface area contributed by atoms with Gasteiger partial charge in [-0.2, -0.15) is 11.3 Å². The lowest BCUT2D eigenvalue weighted by atomic mass is 10.0. The van der Waals surface area contributed by atoms with Gasteiger partial charge in [0, 0.05) is 50.2 Å². The Morgan fingerprint density at radius 2 is 1.74 bits per heavy atom. The van der Waals surface area contributed by atoms with Gasteiger partial charge in [-0.05, 0) is 35.6 Å². The number of piperazine rings is 1. The number of amides is 4. The molecule has 3 aliphatic heterocycles. The minimum atomic E-state index is -0.932. The van der Waals surface area contributed by atoms with E-state index in [9.17, 15) is 19.2 Å². The molecule has 160 valence electrons. The Morgan fingerprint density at radius 3 is 2.45 bits per heavy atom. The number of anilines is 1. The van der Waals surface area contributed by atoms with Crippen molar-refractivity contribution >= 4 is 40.7 Å². The van der Waals surface area contributed by atoms with Crippen LogP contribution in [0.15, 0.2) is 35.0 Å². The van der Waals surface area contributed by atoms with Crippen LogP contribution in [-0.2, 0) is 16.1 Å². The van der Waals surface area contributed by atoms with Crippen molar-refractivity contribution in [2.24, 2.45) is 0 Å². The van der Waals surface area contributed by atoms with E-state index < -0.39 is 23.8 Å². The molecule has 1 N–H and O–H groups in total. The summed E-state index contributed by atoms with van der Waals surface area (Å²) in [6, 6.07) is 6.53. The van der Waals surface area contributed by atoms with E-state index in [1.807, 2.05) is 6.07 Å². The molecule has 0 spiro atoms. The van der Waals surface area contributed by atoms with Gasteiger partial charge in [-0.25, -0.2) is 0 Å². The minimum absolute atomic E-state index is 0.117. The fourth-order valence-electron chi connectivity index (χ4n) is 4.48. The normalized spacial score (nSPS) is 22.1. The zero-order chi connectivity index (χ0) is 21.5. The van der Waals surface area contributed by atoms with Crippen LogP contribution in [0.4, 0.5) is 5.69 Å². The molecule has 2 saturated heterocycles. The van der Waals surface area contributed by atoms with E-state index in [-0.39, 0.29) is 18.7 Å². The van der Waals surface area contributed by atoms with Crippen molar-refractivity contribution in [3.05, 3.63) is 51.7 Å². The molecular weight excluding hydrogens is 416 g/mol. The number of carbonyl (C=O) groups excluding carboxylic acids is 4. The third-order valence-electron chi connectivity index (χ3n) is 6.15. The van der Waals surface area contributed by atoms with Crippen LogP contribution in [0.25, 0.3) is 0 Å². The molecular formula is C22H22N4O4S. The Balaban J connectivity index is 1.27. The Hall–Kier alpha value is -3.04. The Bertz CT molecular complexity index is 1060. The molecule has 0 radical (unpaired) electrons. The number of fused-ring (bicyclic) bond motifs is 1. The summed E-state index contributed by atoms with van der Waals surface area (Å²) in [4.78, 5) is 55.1. The zero-order valence-electron chi connectivity index (χ0n) is 16.9. The molecule has 0 aliphatic carbocycles. The lowest BCUT2D eigenvalue weighted by Crippen LogP contribution is -2.54. The molecule has 1 aromatic heterocycles. The van der Waals surface area contributed by atoms with Crippen molar-refractivity contribution in [2.75, 3.05) is 31.1 Å². The molecule has 31 heavy (non-hydrogen) atoms. The summed E-state index contributed by atoms with van der Waals surface area (Å²) >= 11 is 1.70. The number of nitrogens with one attached hydrogen (secondary N) is 1. The fraction of sp³-hybridized carbons (Fsp3) is 0.364. The van der Waals surface area contributed by atoms with Crippen molar-refractivity contribution in [1.29, 1.82) is 0 Å². The Labute approximate surface area is 183 Å². The number of thiophene rings is 1. The van der Waals surface area contributed by atoms with Gasteiger partial charge in [0.05, 0.1) is 11.1 Å². The van der Waals surface area contributed by atoms with Gasteiger partial charge in [-0.1, -0.05) is 6.07 Å². The monoisotopic (exact) mass is 438 g/mol. The molecule has 0 bridgehead atoms. The molecule has 8 nitrogen and oxygen atoms in total. The summed E-state index contributed by atoms with van der Waals surface area (Å²) in [5.41, 5.74) is 2.89. The fourth-order valence-corrected chi connectivity index (χ4v) is 5.14. The number of hydrogen-bond acceptors (Lipinski definition) is 7. The molecule has 0 saturated carbocycles. The molecule has 5 rings (SSSR count). The van der Waals surface area contributed by atoms with Gasteiger partial charge in [-0.3, -0.25) is 34.3 Å². The first kappa shape index (κ1) is 19.9. The first-order valence-electron chi connectivity index (χ1n) is 10.4. The molecule has 4 amide bonds. The maximum Gasteiger partial charge on any atom is 0.262 e. The summed E-state index contributed by atoms with van der Waals surface area (Å²) in [5, 5.41) is 6.47. The summed E-state index contributed by atoms with van der Waals surface area (Å²) in [5.74, 6) is -1.89. The van der Waals surface area contributed by atoms with E-state index in [0.717, 1.165) is 36.6 Å². The topological polar surface area (TPSA) is 90.0 Å². The highest BCUT2D eigenvalue weighted by atomic mass is 32.1. The van der Waals surface area contributed by atoms with Gasteiger partial charge in [-0.15, -0.1) is 0 Å². The van der Waals surface area contributed by atoms with Crippen LogP contribution in [-0.4, -0.2) is 65.6 Å². The van der Waals surface area contributed by atoms with Gasteiger partial charge in [0.25, 0.3) is 11.8 Å². The van der Waals surface area contributed by atoms with Gasteiger partial charge >= 0.3 is 0 Å². The standard InChI is InChI=1S/C22H22N4O4S/c27-19-4-3-18(20(28)23-19)26-21(29)16-2-1-14(11-17(16)22(26)30)12-24-6-8-25(9-7-24)15-5-10-31-13-15/h1-2,5,10-11,13,18H,3-4,6-9,12H2,(H,23,27,28). The number of nitrogens with zero attached hydrogens (tertiary/aromatic N) is 3. The zero-order valence-corrected chi connectivity index (χ0v) is 17.7. The molecule has 1 atom stereocenters. The molecule has 9 heteroatoms. The molecule has 4 heterocycles. The number of piperidine rings is 1. The maximum atomic E-state index is 13.0. The largest absolute Gasteiger partial charge is 0.368 e. The highest BCUT2D eigenvalue weighted by Gasteiger charge is 2.44. The van der Waals surface area contributed by atoms with Gasteiger partial charge in [0.2, 0.25) is 11.8 Å². The van der Waals surface area contributed by atoms with Crippen LogP contribution in [0.5, 0.6) is 0 Å². The van der Waals surface area contributed by atoms with Crippen LogP contribution >= 0.6 is 11.3 Å². The summed E-state index contributed by atoms with van der Waals surface area (Å²) in [6.45, 7) is 4.43. The number of carbonyl (C=O) groups is 4. The van der Waals surface area contributed by atoms with E-state index in [1.54, 1.807) is 23.5 Å². The van der Waals surface area contributed by atoms with Crippen molar-refractivity contribution in [3.63, 3.8) is 0 Å². The summed E-state index contributed by atoms with van der Waals surface area (Å²) in [6.07, 6.45) is 0.282. The van der Waals surface area contributed by atoms with Crippen molar-refractivity contribution < 1.29 is 19.2 Å². The van der Waals surface area contributed by atoms with Crippen LogP contribution in [0.3, 0.4) is 0 Å². The Kier molecular flexibility index (Phi) is 5.07. The second-order valence-corrected chi connectivity index (χ2v) is 8.85. The predicted molar refractivity (Wildman–Crippen MR) is 115 cm³/mol. The highest BCUT2D eigenvalue weighted by molar-refractivity contribution is 7.08. The molecule has 1 unspecified atom stereocenters. The van der Waals surface area contributed by atoms with Crippen LogP contribution in [0, 0.1) is 0 Å². The molecule has 2 aromatic rings. The summed E-state index contributed by atoms with van der Waals surface area (Å²) in [7, 11) is 0. The SMILES string of the molecule is O=C1CCC(N2C(=O)c3ccc(CN4CCN(c5ccsc5)CC4)cc3C2=O)C(=O)N1. The van der Waals surface area contributed by atoms with Crippen LogP contribution in [0.2, 0.25) is 0 Å². The molecule has 1 aromatic carbocycles. The minimum Gasteiger partial charge on any atom is -0.368 e. The maximum absolute atomic E-state index is 13.0. The van der Waals surface area contributed by atoms with E-state index in [2.05, 4.69) is 31.9 Å². The molecule has 2 fully saturated rings. The smallest absolute Gasteiger partial charge is 0.262 e.